The molecule has 10 rings (SSSR count). The molecule has 0 saturated heterocycles. The molecule has 0 radical (unpaired) electrons. The van der Waals surface area contributed by atoms with E-state index in [0.29, 0.717) is 11.4 Å². The molecule has 0 atom stereocenters. The SMILES string of the molecule is CC(C)(C)c1ccc2c(c1)c1ccccc1n2-c1cc(-c2cc(-c3ccccc3)nc(-c3ccccc3)n2)c(-n2c3ccccc3c3cc(C(C)(C)C)ccc32)cc1C#N. The molecule has 0 N–H and O–H groups in total. The number of para-hydroxylation sites is 2. The van der Waals surface area contributed by atoms with Gasteiger partial charge in [-0.25, -0.2) is 9.97 Å². The number of nitriles is 1. The molecule has 0 amide bonds. The van der Waals surface area contributed by atoms with Crippen LogP contribution in [0.5, 0.6) is 0 Å². The summed E-state index contributed by atoms with van der Waals surface area (Å²) in [4.78, 5) is 10.6. The normalized spacial score (nSPS) is 12.2. The second-order valence-corrected chi connectivity index (χ2v) is 17.9. The highest BCUT2D eigenvalue weighted by Gasteiger charge is 2.25. The molecule has 0 bridgehead atoms. The zero-order chi connectivity index (χ0) is 41.3. The average molecular weight is 776 g/mol. The first-order valence-corrected chi connectivity index (χ1v) is 20.6. The van der Waals surface area contributed by atoms with Crippen molar-refractivity contribution in [2.24, 2.45) is 0 Å². The Kier molecular flexibility index (Phi) is 8.59. The molecule has 0 spiro atoms. The summed E-state index contributed by atoms with van der Waals surface area (Å²) in [6.07, 6.45) is 0. The third-order valence-corrected chi connectivity index (χ3v) is 11.9. The summed E-state index contributed by atoms with van der Waals surface area (Å²) in [5.74, 6) is 0.632. The van der Waals surface area contributed by atoms with Crippen LogP contribution in [0.15, 0.2) is 164 Å². The van der Waals surface area contributed by atoms with E-state index in [1.807, 2.05) is 36.4 Å². The number of aromatic nitrogens is 4. The van der Waals surface area contributed by atoms with Crippen LogP contribution in [0.3, 0.4) is 0 Å². The fourth-order valence-corrected chi connectivity index (χ4v) is 8.70. The fourth-order valence-electron chi connectivity index (χ4n) is 8.70. The fraction of sp³-hybridized carbons (Fsp3) is 0.145. The van der Waals surface area contributed by atoms with Gasteiger partial charge in [-0.15, -0.1) is 0 Å². The Morgan fingerprint density at radius 1 is 0.433 bits per heavy atom. The summed E-state index contributed by atoms with van der Waals surface area (Å²) in [7, 11) is 0. The molecule has 3 heterocycles. The molecule has 290 valence electrons. The van der Waals surface area contributed by atoms with Gasteiger partial charge in [0.05, 0.1) is 50.4 Å². The van der Waals surface area contributed by atoms with E-state index >= 15 is 0 Å². The van der Waals surface area contributed by atoms with Crippen LogP contribution in [0.25, 0.3) is 88.9 Å². The average Bonchev–Trinajstić information content (AvgIpc) is 3.78. The van der Waals surface area contributed by atoms with Crippen molar-refractivity contribution in [3.05, 3.63) is 180 Å². The maximum Gasteiger partial charge on any atom is 0.160 e. The van der Waals surface area contributed by atoms with Crippen molar-refractivity contribution in [3.8, 4) is 51.3 Å². The van der Waals surface area contributed by atoms with Gasteiger partial charge in [0, 0.05) is 38.2 Å². The van der Waals surface area contributed by atoms with Crippen molar-refractivity contribution in [3.63, 3.8) is 0 Å². The van der Waals surface area contributed by atoms with Gasteiger partial charge in [0.1, 0.15) is 6.07 Å². The summed E-state index contributed by atoms with van der Waals surface area (Å²) in [5, 5.41) is 15.9. The first-order valence-electron chi connectivity index (χ1n) is 20.6. The van der Waals surface area contributed by atoms with Crippen molar-refractivity contribution in [2.75, 3.05) is 0 Å². The molecule has 0 saturated carbocycles. The van der Waals surface area contributed by atoms with Crippen LogP contribution >= 0.6 is 0 Å². The Hall–Kier alpha value is -7.29. The monoisotopic (exact) mass is 775 g/mol. The Balaban J connectivity index is 1.35. The van der Waals surface area contributed by atoms with Crippen molar-refractivity contribution in [2.45, 2.75) is 52.4 Å². The predicted molar refractivity (Wildman–Crippen MR) is 249 cm³/mol. The molecule has 5 heteroatoms. The van der Waals surface area contributed by atoms with Gasteiger partial charge in [-0.1, -0.05) is 151 Å². The highest BCUT2D eigenvalue weighted by molar-refractivity contribution is 6.11. The predicted octanol–water partition coefficient (Wildman–Crippen LogP) is 14.1. The first kappa shape index (κ1) is 37.0. The van der Waals surface area contributed by atoms with Crippen LogP contribution in [0, 0.1) is 11.3 Å². The second kappa shape index (κ2) is 13.9. The van der Waals surface area contributed by atoms with E-state index in [2.05, 4.69) is 184 Å². The summed E-state index contributed by atoms with van der Waals surface area (Å²) < 4.78 is 4.59. The van der Waals surface area contributed by atoms with Crippen molar-refractivity contribution in [1.82, 2.24) is 19.1 Å². The van der Waals surface area contributed by atoms with Gasteiger partial charge in [0.2, 0.25) is 0 Å². The third kappa shape index (κ3) is 6.15. The topological polar surface area (TPSA) is 59.4 Å². The highest BCUT2D eigenvalue weighted by Crippen LogP contribution is 2.42. The quantitative estimate of drug-likeness (QED) is 0.175. The number of fused-ring (bicyclic) bond motifs is 6. The third-order valence-electron chi connectivity index (χ3n) is 11.9. The van der Waals surface area contributed by atoms with Crippen molar-refractivity contribution >= 4 is 43.6 Å². The highest BCUT2D eigenvalue weighted by atomic mass is 15.0. The minimum atomic E-state index is -0.0310. The molecule has 0 aliphatic rings. The molecule has 5 nitrogen and oxygen atoms in total. The van der Waals surface area contributed by atoms with E-state index in [1.54, 1.807) is 0 Å². The number of hydrogen-bond acceptors (Lipinski definition) is 3. The molecule has 60 heavy (non-hydrogen) atoms. The van der Waals surface area contributed by atoms with Crippen LogP contribution < -0.4 is 0 Å². The Morgan fingerprint density at radius 3 is 1.43 bits per heavy atom. The van der Waals surface area contributed by atoms with Crippen LogP contribution in [0.1, 0.15) is 58.2 Å². The van der Waals surface area contributed by atoms with Crippen LogP contribution in [0.4, 0.5) is 0 Å². The summed E-state index contributed by atoms with van der Waals surface area (Å²) in [6.45, 7) is 13.5. The number of nitrogens with zero attached hydrogens (tertiary/aromatic N) is 5. The van der Waals surface area contributed by atoms with E-state index in [-0.39, 0.29) is 10.8 Å². The summed E-state index contributed by atoms with van der Waals surface area (Å²) in [6, 6.07) is 60.2. The molecule has 0 fully saturated rings. The number of benzene rings is 7. The van der Waals surface area contributed by atoms with Gasteiger partial charge in [-0.05, 0) is 76.6 Å². The van der Waals surface area contributed by atoms with E-state index < -0.39 is 0 Å². The zero-order valence-electron chi connectivity index (χ0n) is 34.8. The van der Waals surface area contributed by atoms with Gasteiger partial charge in [-0.2, -0.15) is 5.26 Å². The second-order valence-electron chi connectivity index (χ2n) is 17.9. The molecule has 10 aromatic rings. The van der Waals surface area contributed by atoms with Crippen LogP contribution in [-0.2, 0) is 10.8 Å². The molecule has 3 aromatic heterocycles. The minimum absolute atomic E-state index is 0.0279. The minimum Gasteiger partial charge on any atom is -0.309 e. The Morgan fingerprint density at radius 2 is 0.900 bits per heavy atom. The van der Waals surface area contributed by atoms with Gasteiger partial charge in [-0.3, -0.25) is 0 Å². The number of hydrogen-bond donors (Lipinski definition) is 0. The molecule has 0 aliphatic carbocycles. The standard InChI is InChI=1S/C55H45N5/c1-54(2,3)38-25-27-49-42(30-38)40-21-13-15-23-47(40)59(49)51-32-44(46-33-45(35-17-9-7-10-18-35)57-53(58-46)36-19-11-8-12-20-36)52(29-37(51)34-56)60-48-24-16-14-22-41(48)43-31-39(55(4,5)6)26-28-50(43)60/h7-33H,1-6H3. The van der Waals surface area contributed by atoms with E-state index in [4.69, 9.17) is 9.97 Å². The summed E-state index contributed by atoms with van der Waals surface area (Å²) in [5.41, 5.74) is 13.3. The van der Waals surface area contributed by atoms with Gasteiger partial charge >= 0.3 is 0 Å². The zero-order valence-corrected chi connectivity index (χ0v) is 34.8. The van der Waals surface area contributed by atoms with Crippen molar-refractivity contribution < 1.29 is 0 Å². The van der Waals surface area contributed by atoms with E-state index in [9.17, 15) is 5.26 Å². The molecular weight excluding hydrogens is 731 g/mol. The largest absolute Gasteiger partial charge is 0.309 e. The maximum absolute atomic E-state index is 11.2. The van der Waals surface area contributed by atoms with E-state index in [1.165, 1.54) is 16.5 Å². The number of rotatable bonds is 5. The summed E-state index contributed by atoms with van der Waals surface area (Å²) >= 11 is 0. The smallest absolute Gasteiger partial charge is 0.160 e. The van der Waals surface area contributed by atoms with Crippen molar-refractivity contribution in [1.29, 1.82) is 5.26 Å². The van der Waals surface area contributed by atoms with Gasteiger partial charge in [0.15, 0.2) is 5.82 Å². The van der Waals surface area contributed by atoms with Gasteiger partial charge < -0.3 is 9.13 Å². The lowest BCUT2D eigenvalue weighted by atomic mass is 9.86. The van der Waals surface area contributed by atoms with Gasteiger partial charge in [0.25, 0.3) is 0 Å². The lowest BCUT2D eigenvalue weighted by Gasteiger charge is -2.21. The molecule has 7 aromatic carbocycles. The lowest BCUT2D eigenvalue weighted by molar-refractivity contribution is 0.591. The maximum atomic E-state index is 11.2. The molecule has 0 aliphatic heterocycles. The van der Waals surface area contributed by atoms with Crippen LogP contribution in [0.2, 0.25) is 0 Å². The lowest BCUT2D eigenvalue weighted by Crippen LogP contribution is -2.10. The van der Waals surface area contributed by atoms with Crippen LogP contribution in [-0.4, -0.2) is 19.1 Å². The molecular formula is C55H45N5. The Bertz CT molecular complexity index is 3270. The Labute approximate surface area is 350 Å². The van der Waals surface area contributed by atoms with E-state index in [0.717, 1.165) is 77.7 Å². The first-order chi connectivity index (χ1) is 29.0. The molecule has 0 unspecified atom stereocenters.